The fraction of sp³-hybridized carbons (Fsp3) is 0.222. The lowest BCUT2D eigenvalue weighted by Gasteiger charge is -2.11. The molecule has 29 heavy (non-hydrogen) atoms. The van der Waals surface area contributed by atoms with Gasteiger partial charge in [0.25, 0.3) is 0 Å². The van der Waals surface area contributed by atoms with Crippen LogP contribution in [0.5, 0.6) is 5.75 Å². The molecule has 0 aliphatic rings. The molecule has 0 radical (unpaired) electrons. The summed E-state index contributed by atoms with van der Waals surface area (Å²) in [5.41, 5.74) is 0.794. The normalized spacial score (nSPS) is 11.6. The fourth-order valence-corrected chi connectivity index (χ4v) is 4.26. The molecule has 0 saturated heterocycles. The Morgan fingerprint density at radius 1 is 1.14 bits per heavy atom. The van der Waals surface area contributed by atoms with Gasteiger partial charge in [0, 0.05) is 24.7 Å². The predicted molar refractivity (Wildman–Crippen MR) is 105 cm³/mol. The van der Waals surface area contributed by atoms with E-state index in [9.17, 15) is 17.2 Å². The molecule has 3 aromatic rings. The highest BCUT2D eigenvalue weighted by molar-refractivity contribution is 7.98. The van der Waals surface area contributed by atoms with Gasteiger partial charge >= 0.3 is 0 Å². The molecule has 154 valence electrons. The number of nitrogens with one attached hydrogen (secondary N) is 1. The molecule has 0 aliphatic carbocycles. The third kappa shape index (κ3) is 4.74. The second kappa shape index (κ2) is 8.89. The SMILES string of the molecule is COc1ccc(-n2c(CCNS(=O)(=O)c3ccc(F)cc3F)nnc2SC)cc1. The van der Waals surface area contributed by atoms with Crippen LogP contribution >= 0.6 is 11.8 Å². The van der Waals surface area contributed by atoms with Crippen LogP contribution in [0.1, 0.15) is 5.82 Å². The van der Waals surface area contributed by atoms with Crippen LogP contribution in [0.25, 0.3) is 5.69 Å². The van der Waals surface area contributed by atoms with E-state index in [4.69, 9.17) is 4.74 Å². The van der Waals surface area contributed by atoms with E-state index in [1.807, 2.05) is 18.4 Å². The molecule has 0 amide bonds. The predicted octanol–water partition coefficient (Wildman–Crippen LogP) is 2.80. The first kappa shape index (κ1) is 21.2. The monoisotopic (exact) mass is 440 g/mol. The molecular weight excluding hydrogens is 422 g/mol. The molecule has 0 atom stereocenters. The summed E-state index contributed by atoms with van der Waals surface area (Å²) in [4.78, 5) is -0.611. The van der Waals surface area contributed by atoms with Gasteiger partial charge < -0.3 is 4.74 Å². The number of rotatable bonds is 8. The summed E-state index contributed by atoms with van der Waals surface area (Å²) in [5.74, 6) is -0.771. The molecule has 0 bridgehead atoms. The average molecular weight is 440 g/mol. The Morgan fingerprint density at radius 3 is 2.48 bits per heavy atom. The van der Waals surface area contributed by atoms with Crippen LogP contribution < -0.4 is 9.46 Å². The Kier molecular flexibility index (Phi) is 6.50. The lowest BCUT2D eigenvalue weighted by atomic mass is 10.3. The van der Waals surface area contributed by atoms with Crippen molar-refractivity contribution in [1.82, 2.24) is 19.5 Å². The van der Waals surface area contributed by atoms with Gasteiger partial charge in [-0.1, -0.05) is 11.8 Å². The standard InChI is InChI=1S/C18H18F2N4O3S2/c1-27-14-6-4-13(5-7-14)24-17(22-23-18(24)28-2)9-10-21-29(25,26)16-8-3-12(19)11-15(16)20/h3-8,11,21H,9-10H2,1-2H3. The molecule has 0 spiro atoms. The van der Waals surface area contributed by atoms with Crippen molar-refractivity contribution >= 4 is 21.8 Å². The van der Waals surface area contributed by atoms with E-state index in [1.165, 1.54) is 11.8 Å². The summed E-state index contributed by atoms with van der Waals surface area (Å²) >= 11 is 1.39. The zero-order valence-electron chi connectivity index (χ0n) is 15.6. The van der Waals surface area contributed by atoms with Gasteiger partial charge in [-0.3, -0.25) is 4.57 Å². The number of hydrogen-bond acceptors (Lipinski definition) is 6. The zero-order chi connectivity index (χ0) is 21.0. The number of halogens is 2. The van der Waals surface area contributed by atoms with Gasteiger partial charge in [-0.25, -0.2) is 21.9 Å². The Morgan fingerprint density at radius 2 is 1.86 bits per heavy atom. The smallest absolute Gasteiger partial charge is 0.243 e. The van der Waals surface area contributed by atoms with E-state index >= 15 is 0 Å². The first-order valence-corrected chi connectivity index (χ1v) is 11.1. The summed E-state index contributed by atoms with van der Waals surface area (Å²) in [6, 6.07) is 9.57. The maximum atomic E-state index is 13.8. The van der Waals surface area contributed by atoms with Crippen LogP contribution in [0.2, 0.25) is 0 Å². The van der Waals surface area contributed by atoms with Gasteiger partial charge in [0.2, 0.25) is 10.0 Å². The molecule has 2 aromatic carbocycles. The number of aromatic nitrogens is 3. The van der Waals surface area contributed by atoms with Gasteiger partial charge in [0.05, 0.1) is 7.11 Å². The van der Waals surface area contributed by atoms with Gasteiger partial charge in [0.1, 0.15) is 28.1 Å². The molecule has 0 unspecified atom stereocenters. The number of nitrogens with zero attached hydrogens (tertiary/aromatic N) is 3. The zero-order valence-corrected chi connectivity index (χ0v) is 17.2. The lowest BCUT2D eigenvalue weighted by molar-refractivity contribution is 0.414. The van der Waals surface area contributed by atoms with Crippen LogP contribution in [-0.2, 0) is 16.4 Å². The maximum Gasteiger partial charge on any atom is 0.243 e. The van der Waals surface area contributed by atoms with E-state index in [0.29, 0.717) is 22.8 Å². The summed E-state index contributed by atoms with van der Waals surface area (Å²) < 4.78 is 60.7. The van der Waals surface area contributed by atoms with Gasteiger partial charge in [-0.2, -0.15) is 0 Å². The highest BCUT2D eigenvalue weighted by Crippen LogP contribution is 2.22. The number of thioether (sulfide) groups is 1. The second-order valence-corrected chi connectivity index (χ2v) is 8.37. The third-order valence-electron chi connectivity index (χ3n) is 4.04. The second-order valence-electron chi connectivity index (χ2n) is 5.86. The summed E-state index contributed by atoms with van der Waals surface area (Å²) in [7, 11) is -2.56. The number of hydrogen-bond donors (Lipinski definition) is 1. The van der Waals surface area contributed by atoms with Crippen molar-refractivity contribution < 1.29 is 21.9 Å². The van der Waals surface area contributed by atoms with Crippen LogP contribution in [0.3, 0.4) is 0 Å². The van der Waals surface area contributed by atoms with E-state index < -0.39 is 26.6 Å². The van der Waals surface area contributed by atoms with E-state index in [1.54, 1.807) is 23.8 Å². The molecule has 0 saturated carbocycles. The number of benzene rings is 2. The van der Waals surface area contributed by atoms with Crippen LogP contribution in [0.15, 0.2) is 52.5 Å². The van der Waals surface area contributed by atoms with Crippen molar-refractivity contribution in [2.75, 3.05) is 19.9 Å². The quantitative estimate of drug-likeness (QED) is 0.542. The minimum absolute atomic E-state index is 0.0399. The average Bonchev–Trinajstić information content (AvgIpc) is 3.10. The first-order chi connectivity index (χ1) is 13.9. The minimum atomic E-state index is -4.13. The number of methoxy groups -OCH3 is 1. The molecule has 11 heteroatoms. The Hall–Kier alpha value is -2.50. The highest BCUT2D eigenvalue weighted by Gasteiger charge is 2.20. The molecule has 3 rings (SSSR count). The molecule has 1 N–H and O–H groups in total. The molecule has 1 aromatic heterocycles. The first-order valence-electron chi connectivity index (χ1n) is 8.43. The lowest BCUT2D eigenvalue weighted by Crippen LogP contribution is -2.27. The Labute approximate surface area is 171 Å². The van der Waals surface area contributed by atoms with Crippen molar-refractivity contribution in [3.63, 3.8) is 0 Å². The van der Waals surface area contributed by atoms with Crippen molar-refractivity contribution in [1.29, 1.82) is 0 Å². The largest absolute Gasteiger partial charge is 0.497 e. The summed E-state index contributed by atoms with van der Waals surface area (Å²) in [5, 5.41) is 8.88. The fourth-order valence-electron chi connectivity index (χ4n) is 2.65. The van der Waals surface area contributed by atoms with E-state index in [0.717, 1.165) is 17.8 Å². The number of ether oxygens (including phenoxy) is 1. The molecule has 0 aliphatic heterocycles. The minimum Gasteiger partial charge on any atom is -0.497 e. The van der Waals surface area contributed by atoms with Crippen molar-refractivity contribution in [3.8, 4) is 11.4 Å². The van der Waals surface area contributed by atoms with Gasteiger partial charge in [-0.15, -0.1) is 10.2 Å². The molecule has 7 nitrogen and oxygen atoms in total. The van der Waals surface area contributed by atoms with Gasteiger partial charge in [-0.05, 0) is 42.7 Å². The third-order valence-corrected chi connectivity index (χ3v) is 6.16. The molecular formula is C18H18F2N4O3S2. The van der Waals surface area contributed by atoms with Crippen LogP contribution in [-0.4, -0.2) is 43.1 Å². The maximum absolute atomic E-state index is 13.8. The molecule has 0 fully saturated rings. The van der Waals surface area contributed by atoms with Crippen LogP contribution in [0.4, 0.5) is 8.78 Å². The Balaban J connectivity index is 1.78. The van der Waals surface area contributed by atoms with Crippen LogP contribution in [0, 0.1) is 11.6 Å². The Bertz CT molecular complexity index is 1100. The highest BCUT2D eigenvalue weighted by atomic mass is 32.2. The topological polar surface area (TPSA) is 86.1 Å². The van der Waals surface area contributed by atoms with E-state index in [2.05, 4.69) is 14.9 Å². The van der Waals surface area contributed by atoms with Crippen molar-refractivity contribution in [2.45, 2.75) is 16.5 Å². The van der Waals surface area contributed by atoms with E-state index in [-0.39, 0.29) is 13.0 Å². The van der Waals surface area contributed by atoms with Gasteiger partial charge in [0.15, 0.2) is 5.16 Å². The molecule has 1 heterocycles. The van der Waals surface area contributed by atoms with Crippen molar-refractivity contribution in [3.05, 3.63) is 59.9 Å². The summed E-state index contributed by atoms with van der Waals surface area (Å²) in [6.07, 6.45) is 2.06. The van der Waals surface area contributed by atoms with Crippen molar-refractivity contribution in [2.24, 2.45) is 0 Å². The summed E-state index contributed by atoms with van der Waals surface area (Å²) in [6.45, 7) is -0.0399. The number of sulfonamides is 1.